The highest BCUT2D eigenvalue weighted by atomic mass is 16.5. The number of aliphatic carboxylic acids is 1. The van der Waals surface area contributed by atoms with Crippen LogP contribution in [0.25, 0.3) is 0 Å². The minimum absolute atomic E-state index is 0.140. The summed E-state index contributed by atoms with van der Waals surface area (Å²) in [6.07, 6.45) is 0.140. The van der Waals surface area contributed by atoms with Crippen molar-refractivity contribution in [3.05, 3.63) is 52.6 Å². The fourth-order valence-corrected chi connectivity index (χ4v) is 2.82. The molecule has 0 fully saturated rings. The lowest BCUT2D eigenvalue weighted by molar-refractivity contribution is -0.141. The van der Waals surface area contributed by atoms with Crippen molar-refractivity contribution in [2.24, 2.45) is 5.73 Å². The summed E-state index contributed by atoms with van der Waals surface area (Å²) in [6.45, 7) is 17.3. The van der Waals surface area contributed by atoms with Crippen molar-refractivity contribution in [1.82, 2.24) is 5.32 Å². The molecule has 0 radical (unpaired) electrons. The number of ether oxygens (including phenoxy) is 1. The lowest BCUT2D eigenvalue weighted by atomic mass is 10.00. The number of phenols is 1. The van der Waals surface area contributed by atoms with Crippen molar-refractivity contribution >= 4 is 11.9 Å². The molecule has 2 rings (SSSR count). The zero-order valence-electron chi connectivity index (χ0n) is 21.6. The Labute approximate surface area is 199 Å². The van der Waals surface area contributed by atoms with Gasteiger partial charge < -0.3 is 26.0 Å². The van der Waals surface area contributed by atoms with E-state index in [9.17, 15) is 19.8 Å². The van der Waals surface area contributed by atoms with Crippen LogP contribution in [0.3, 0.4) is 0 Å². The number of nitrogens with two attached hydrogens (primary N) is 1. The molecule has 0 aliphatic rings. The van der Waals surface area contributed by atoms with Crippen molar-refractivity contribution < 1.29 is 24.5 Å². The molecule has 0 saturated carbocycles. The van der Waals surface area contributed by atoms with E-state index in [1.807, 2.05) is 67.5 Å². The molecular weight excluding hydrogens is 420 g/mol. The van der Waals surface area contributed by atoms with Gasteiger partial charge in [0.1, 0.15) is 23.3 Å². The normalized spacial score (nSPS) is 10.1. The molecule has 186 valence electrons. The number of phenolic OH excluding ortho intramolecular Hbond substituents is 1. The van der Waals surface area contributed by atoms with E-state index in [2.05, 4.69) is 5.32 Å². The molecule has 1 atom stereocenters. The molecule has 7 nitrogen and oxygen atoms in total. The van der Waals surface area contributed by atoms with Crippen molar-refractivity contribution in [2.45, 2.75) is 74.8 Å². The van der Waals surface area contributed by atoms with Crippen LogP contribution in [0.5, 0.6) is 17.2 Å². The largest absolute Gasteiger partial charge is 0.508 e. The van der Waals surface area contributed by atoms with Crippen LogP contribution in [-0.2, 0) is 16.0 Å². The van der Waals surface area contributed by atoms with Crippen molar-refractivity contribution in [1.29, 1.82) is 0 Å². The molecule has 2 aromatic rings. The smallest absolute Gasteiger partial charge is 0.326 e. The summed E-state index contributed by atoms with van der Waals surface area (Å²) in [4.78, 5) is 22.8. The molecule has 5 N–H and O–H groups in total. The Morgan fingerprint density at radius 1 is 0.939 bits per heavy atom. The summed E-state index contributed by atoms with van der Waals surface area (Å²) < 4.78 is 5.95. The third-order valence-corrected chi connectivity index (χ3v) is 4.17. The van der Waals surface area contributed by atoms with Gasteiger partial charge in [0.2, 0.25) is 5.91 Å². The molecule has 1 amide bonds. The van der Waals surface area contributed by atoms with Crippen LogP contribution < -0.4 is 15.8 Å². The van der Waals surface area contributed by atoms with E-state index in [0.29, 0.717) is 17.1 Å². The highest BCUT2D eigenvalue weighted by molar-refractivity contribution is 5.84. The van der Waals surface area contributed by atoms with Crippen LogP contribution in [0.1, 0.15) is 63.8 Å². The van der Waals surface area contributed by atoms with Gasteiger partial charge in [0.25, 0.3) is 0 Å². The predicted octanol–water partition coefficient (Wildman–Crippen LogP) is 5.26. The summed E-state index contributed by atoms with van der Waals surface area (Å²) in [5, 5.41) is 21.3. The van der Waals surface area contributed by atoms with Crippen LogP contribution in [0, 0.1) is 20.8 Å². The Bertz CT molecular complexity index is 843. The molecule has 1 unspecified atom stereocenters. The molecule has 0 saturated heterocycles. The molecule has 0 aromatic heterocycles. The Morgan fingerprint density at radius 2 is 1.45 bits per heavy atom. The fraction of sp³-hybridized carbons (Fsp3) is 0.462. The van der Waals surface area contributed by atoms with Crippen LogP contribution in [-0.4, -0.2) is 34.7 Å². The number of rotatable bonds is 7. The van der Waals surface area contributed by atoms with Gasteiger partial charge in [-0.2, -0.15) is 0 Å². The van der Waals surface area contributed by atoms with E-state index >= 15 is 0 Å². The number of hydrogen-bond donors (Lipinski definition) is 4. The fourth-order valence-electron chi connectivity index (χ4n) is 2.82. The van der Waals surface area contributed by atoms with Crippen molar-refractivity contribution in [3.63, 3.8) is 0 Å². The predicted molar refractivity (Wildman–Crippen MR) is 135 cm³/mol. The van der Waals surface area contributed by atoms with Crippen LogP contribution >= 0.6 is 0 Å². The van der Waals surface area contributed by atoms with Crippen molar-refractivity contribution in [2.75, 3.05) is 6.54 Å². The standard InChI is InChI=1S/C20H24N2O5.3C2H6/c1-11-8-15(4-5-17(11)23)27-19-12(2)6-14(7-13(19)3)9-16(20(25)26)22-18(24)10-21;3*1-2/h4-8,16,23H,9-10,21H2,1-3H3,(H,22,24)(H,25,26);3*1-2H3. The van der Waals surface area contributed by atoms with E-state index in [0.717, 1.165) is 16.7 Å². The molecular formula is C26H42N2O5. The number of benzene rings is 2. The number of aryl methyl sites for hydroxylation is 3. The van der Waals surface area contributed by atoms with Gasteiger partial charge in [-0.05, 0) is 61.2 Å². The highest BCUT2D eigenvalue weighted by Gasteiger charge is 2.21. The highest BCUT2D eigenvalue weighted by Crippen LogP contribution is 2.32. The zero-order valence-corrected chi connectivity index (χ0v) is 21.6. The first-order valence-electron chi connectivity index (χ1n) is 11.5. The quantitative estimate of drug-likeness (QED) is 0.445. The summed E-state index contributed by atoms with van der Waals surface area (Å²) >= 11 is 0. The van der Waals surface area contributed by atoms with Crippen LogP contribution in [0.4, 0.5) is 0 Å². The summed E-state index contributed by atoms with van der Waals surface area (Å²) in [6, 6.07) is 7.61. The van der Waals surface area contributed by atoms with Gasteiger partial charge in [0.05, 0.1) is 6.54 Å². The average Bonchev–Trinajstić information content (AvgIpc) is 2.82. The minimum atomic E-state index is -1.12. The van der Waals surface area contributed by atoms with Gasteiger partial charge in [-0.1, -0.05) is 53.7 Å². The Morgan fingerprint density at radius 3 is 1.88 bits per heavy atom. The van der Waals surface area contributed by atoms with Gasteiger partial charge in [0, 0.05) is 6.42 Å². The first-order valence-corrected chi connectivity index (χ1v) is 11.5. The van der Waals surface area contributed by atoms with Crippen molar-refractivity contribution in [3.8, 4) is 17.2 Å². The van der Waals surface area contributed by atoms with E-state index in [-0.39, 0.29) is 18.7 Å². The molecule has 0 heterocycles. The van der Waals surface area contributed by atoms with E-state index < -0.39 is 17.9 Å². The average molecular weight is 463 g/mol. The number of carboxylic acid groups (broad SMARTS) is 1. The maximum absolute atomic E-state index is 11.4. The first kappa shape index (κ1) is 32.1. The monoisotopic (exact) mass is 462 g/mol. The number of carbonyl (C=O) groups excluding carboxylic acids is 1. The molecule has 7 heteroatoms. The van der Waals surface area contributed by atoms with E-state index in [1.165, 1.54) is 0 Å². The Kier molecular flexibility index (Phi) is 17.0. The van der Waals surface area contributed by atoms with Gasteiger partial charge >= 0.3 is 5.97 Å². The molecule has 0 aliphatic heterocycles. The third-order valence-electron chi connectivity index (χ3n) is 4.17. The number of carboxylic acids is 1. The SMILES string of the molecule is CC.CC.CC.Cc1cc(Oc2c(C)cc(CC(NC(=O)CN)C(=O)O)cc2C)ccc1O. The summed E-state index contributed by atoms with van der Waals surface area (Å²) in [5.74, 6) is -0.166. The second kappa shape index (κ2) is 17.5. The minimum Gasteiger partial charge on any atom is -0.508 e. The lowest BCUT2D eigenvalue weighted by Crippen LogP contribution is -2.44. The number of carbonyl (C=O) groups is 2. The topological polar surface area (TPSA) is 122 Å². The van der Waals surface area contributed by atoms with Gasteiger partial charge in [-0.25, -0.2) is 4.79 Å². The Hall–Kier alpha value is -3.06. The van der Waals surface area contributed by atoms with Crippen LogP contribution in [0.15, 0.2) is 30.3 Å². The lowest BCUT2D eigenvalue weighted by Gasteiger charge is -2.17. The molecule has 2 aromatic carbocycles. The maximum atomic E-state index is 11.4. The zero-order chi connectivity index (χ0) is 26.1. The van der Waals surface area contributed by atoms with Gasteiger partial charge in [-0.15, -0.1) is 0 Å². The second-order valence-corrected chi connectivity index (χ2v) is 6.48. The first-order chi connectivity index (χ1) is 15.7. The number of aromatic hydroxyl groups is 1. The summed E-state index contributed by atoms with van der Waals surface area (Å²) in [5.41, 5.74) is 8.39. The van der Waals surface area contributed by atoms with E-state index in [4.69, 9.17) is 10.5 Å². The second-order valence-electron chi connectivity index (χ2n) is 6.48. The summed E-state index contributed by atoms with van der Waals surface area (Å²) in [7, 11) is 0. The van der Waals surface area contributed by atoms with Gasteiger partial charge in [-0.3, -0.25) is 4.79 Å². The molecule has 33 heavy (non-hydrogen) atoms. The van der Waals surface area contributed by atoms with E-state index in [1.54, 1.807) is 25.1 Å². The number of nitrogens with one attached hydrogen (secondary N) is 1. The van der Waals surface area contributed by atoms with Crippen LogP contribution in [0.2, 0.25) is 0 Å². The Balaban J connectivity index is 0. The maximum Gasteiger partial charge on any atom is 0.326 e. The molecule has 0 bridgehead atoms. The third kappa shape index (κ3) is 10.9. The molecule has 0 spiro atoms. The van der Waals surface area contributed by atoms with Gasteiger partial charge in [0.15, 0.2) is 0 Å². The molecule has 0 aliphatic carbocycles. The number of hydrogen-bond acceptors (Lipinski definition) is 5. The number of amides is 1.